The first-order valence-electron chi connectivity index (χ1n) is 9.07. The van der Waals surface area contributed by atoms with Gasteiger partial charge in [0, 0.05) is 64.1 Å². The highest BCUT2D eigenvalue weighted by atomic mass is 32.1. The molecule has 1 aliphatic carbocycles. The van der Waals surface area contributed by atoms with Crippen molar-refractivity contribution in [3.63, 3.8) is 0 Å². The minimum absolute atomic E-state index is 0.487. The van der Waals surface area contributed by atoms with Gasteiger partial charge >= 0.3 is 0 Å². The Kier molecular flexibility index (Phi) is 5.00. The lowest BCUT2D eigenvalue weighted by Gasteiger charge is -2.34. The van der Waals surface area contributed by atoms with E-state index >= 15 is 0 Å². The van der Waals surface area contributed by atoms with Crippen LogP contribution in [0.3, 0.4) is 0 Å². The van der Waals surface area contributed by atoms with Crippen LogP contribution in [-0.4, -0.2) is 57.3 Å². The third kappa shape index (κ3) is 3.56. The third-order valence-electron chi connectivity index (χ3n) is 5.20. The number of ether oxygens (including phenoxy) is 1. The maximum absolute atomic E-state index is 5.11. The zero-order chi connectivity index (χ0) is 17.2. The van der Waals surface area contributed by atoms with E-state index in [0.717, 1.165) is 43.7 Å². The molecule has 0 unspecified atom stereocenters. The molecule has 1 fully saturated rings. The minimum Gasteiger partial charge on any atom is -0.377 e. The monoisotopic (exact) mass is 362 g/mol. The molecule has 25 heavy (non-hydrogen) atoms. The number of aryl methyl sites for hydroxylation is 1. The Hall–Kier alpha value is -1.51. The molecule has 2 aromatic heterocycles. The first kappa shape index (κ1) is 16.9. The Morgan fingerprint density at radius 2 is 1.92 bits per heavy atom. The average Bonchev–Trinajstić information content (AvgIpc) is 3.22. The summed E-state index contributed by atoms with van der Waals surface area (Å²) in [6, 6.07) is 0. The van der Waals surface area contributed by atoms with E-state index in [1.807, 2.05) is 0 Å². The fourth-order valence-electron chi connectivity index (χ4n) is 3.86. The van der Waals surface area contributed by atoms with E-state index in [-0.39, 0.29) is 0 Å². The summed E-state index contributed by atoms with van der Waals surface area (Å²) in [5, 5.41) is 5.83. The molecule has 0 saturated carbocycles. The molecule has 7 nitrogen and oxygen atoms in total. The Labute approximate surface area is 152 Å². The summed E-state index contributed by atoms with van der Waals surface area (Å²) < 4.78 is 11.6. The van der Waals surface area contributed by atoms with Crippen molar-refractivity contribution in [2.45, 2.75) is 38.8 Å². The molecule has 0 atom stereocenters. The highest BCUT2D eigenvalue weighted by Crippen LogP contribution is 2.25. The molecule has 0 amide bonds. The number of anilines is 1. The highest BCUT2D eigenvalue weighted by Gasteiger charge is 2.24. The van der Waals surface area contributed by atoms with Crippen LogP contribution < -0.4 is 4.90 Å². The van der Waals surface area contributed by atoms with Gasteiger partial charge in [-0.05, 0) is 31.2 Å². The van der Waals surface area contributed by atoms with Gasteiger partial charge in [-0.1, -0.05) is 0 Å². The van der Waals surface area contributed by atoms with Crippen LogP contribution in [-0.2, 0) is 37.8 Å². The molecule has 136 valence electrons. The number of hydrogen-bond donors (Lipinski definition) is 0. The number of nitrogens with zero attached hydrogens (tertiary/aromatic N) is 6. The lowest BCUT2D eigenvalue weighted by molar-refractivity contribution is 0.179. The zero-order valence-electron chi connectivity index (χ0n) is 15.1. The fraction of sp³-hybridized carbons (Fsp3) is 0.706. The van der Waals surface area contributed by atoms with Gasteiger partial charge in [-0.3, -0.25) is 9.58 Å². The van der Waals surface area contributed by atoms with Gasteiger partial charge in [0.25, 0.3) is 0 Å². The summed E-state index contributed by atoms with van der Waals surface area (Å²) in [6.45, 7) is 5.55. The first-order chi connectivity index (χ1) is 12.2. The van der Waals surface area contributed by atoms with Gasteiger partial charge in [0.15, 0.2) is 5.82 Å². The van der Waals surface area contributed by atoms with Crippen LogP contribution in [0.2, 0.25) is 0 Å². The summed E-state index contributed by atoms with van der Waals surface area (Å²) in [5.74, 6) is 0.782. The van der Waals surface area contributed by atoms with Crippen LogP contribution in [0.15, 0.2) is 0 Å². The lowest BCUT2D eigenvalue weighted by atomic mass is 9.95. The van der Waals surface area contributed by atoms with Crippen molar-refractivity contribution in [2.24, 2.45) is 7.05 Å². The second-order valence-corrected chi connectivity index (χ2v) is 7.62. The number of rotatable bonds is 5. The molecular formula is C17H26N6OS. The van der Waals surface area contributed by atoms with Crippen LogP contribution in [0.25, 0.3) is 0 Å². The summed E-state index contributed by atoms with van der Waals surface area (Å²) in [7, 11) is 3.77. The molecule has 0 radical (unpaired) electrons. The quantitative estimate of drug-likeness (QED) is 0.806. The van der Waals surface area contributed by atoms with Crippen molar-refractivity contribution in [1.82, 2.24) is 24.0 Å². The van der Waals surface area contributed by atoms with E-state index in [4.69, 9.17) is 9.84 Å². The molecular weight excluding hydrogens is 336 g/mol. The summed E-state index contributed by atoms with van der Waals surface area (Å²) in [5.41, 5.74) is 4.27. The Morgan fingerprint density at radius 1 is 1.12 bits per heavy atom. The number of fused-ring (bicyclic) bond motifs is 1. The number of piperazine rings is 1. The largest absolute Gasteiger partial charge is 0.377 e. The van der Waals surface area contributed by atoms with Crippen LogP contribution in [0.1, 0.15) is 35.6 Å². The molecule has 0 spiro atoms. The molecule has 2 aromatic rings. The zero-order valence-corrected chi connectivity index (χ0v) is 15.9. The van der Waals surface area contributed by atoms with Gasteiger partial charge in [0.1, 0.15) is 6.61 Å². The molecule has 3 heterocycles. The van der Waals surface area contributed by atoms with Gasteiger partial charge in [0.05, 0.1) is 5.69 Å². The Balaban J connectivity index is 1.36. The summed E-state index contributed by atoms with van der Waals surface area (Å²) >= 11 is 1.47. The normalized spacial score (nSPS) is 18.6. The molecule has 1 saturated heterocycles. The minimum atomic E-state index is 0.487. The van der Waals surface area contributed by atoms with E-state index in [2.05, 4.69) is 30.9 Å². The number of hydrogen-bond acceptors (Lipinski definition) is 7. The molecule has 0 N–H and O–H groups in total. The topological polar surface area (TPSA) is 59.3 Å². The second kappa shape index (κ2) is 7.39. The van der Waals surface area contributed by atoms with Gasteiger partial charge < -0.3 is 9.64 Å². The SMILES string of the molecule is COCc1nsc(N2CCN(Cc3nn(C)c4c3CCCC4)CC2)n1. The summed E-state index contributed by atoms with van der Waals surface area (Å²) in [4.78, 5) is 9.42. The molecule has 1 aliphatic heterocycles. The van der Waals surface area contributed by atoms with Crippen LogP contribution in [0, 0.1) is 0 Å². The molecule has 0 aromatic carbocycles. The van der Waals surface area contributed by atoms with E-state index < -0.39 is 0 Å². The predicted molar refractivity (Wildman–Crippen MR) is 98.0 cm³/mol. The van der Waals surface area contributed by atoms with Crippen LogP contribution in [0.5, 0.6) is 0 Å². The fourth-order valence-corrected chi connectivity index (χ4v) is 4.58. The molecule has 2 aliphatic rings. The van der Waals surface area contributed by atoms with Crippen molar-refractivity contribution in [3.8, 4) is 0 Å². The van der Waals surface area contributed by atoms with Crippen molar-refractivity contribution in [1.29, 1.82) is 0 Å². The predicted octanol–water partition coefficient (Wildman–Crippen LogP) is 1.62. The van der Waals surface area contributed by atoms with E-state index in [1.54, 1.807) is 7.11 Å². The van der Waals surface area contributed by atoms with Gasteiger partial charge in [-0.15, -0.1) is 0 Å². The second-order valence-electron chi connectivity index (χ2n) is 6.89. The van der Waals surface area contributed by atoms with E-state index in [1.165, 1.54) is 54.2 Å². The third-order valence-corrected chi connectivity index (χ3v) is 6.01. The van der Waals surface area contributed by atoms with Crippen molar-refractivity contribution in [2.75, 3.05) is 38.2 Å². The number of methoxy groups -OCH3 is 1. The van der Waals surface area contributed by atoms with E-state index in [0.29, 0.717) is 6.61 Å². The van der Waals surface area contributed by atoms with Crippen LogP contribution >= 0.6 is 11.5 Å². The van der Waals surface area contributed by atoms with Gasteiger partial charge in [0.2, 0.25) is 5.13 Å². The average molecular weight is 363 g/mol. The van der Waals surface area contributed by atoms with Gasteiger partial charge in [-0.2, -0.15) is 9.47 Å². The Morgan fingerprint density at radius 3 is 2.72 bits per heavy atom. The van der Waals surface area contributed by atoms with Crippen molar-refractivity contribution in [3.05, 3.63) is 22.8 Å². The summed E-state index contributed by atoms with van der Waals surface area (Å²) in [6.07, 6.45) is 5.00. The lowest BCUT2D eigenvalue weighted by Crippen LogP contribution is -2.46. The van der Waals surface area contributed by atoms with Crippen molar-refractivity contribution < 1.29 is 4.74 Å². The van der Waals surface area contributed by atoms with Crippen LogP contribution in [0.4, 0.5) is 5.13 Å². The maximum Gasteiger partial charge on any atom is 0.205 e. The first-order valence-corrected chi connectivity index (χ1v) is 9.84. The van der Waals surface area contributed by atoms with Gasteiger partial charge in [-0.25, -0.2) is 4.98 Å². The standard InChI is InChI=1S/C17H26N6OS/c1-21-15-6-4-3-5-13(15)14(19-21)11-22-7-9-23(10-8-22)17-18-16(12-24-2)20-25-17/h3-12H2,1-2H3. The molecule has 0 bridgehead atoms. The number of aromatic nitrogens is 4. The molecule has 4 rings (SSSR count). The Bertz CT molecular complexity index is 719. The van der Waals surface area contributed by atoms with E-state index in [9.17, 15) is 0 Å². The molecule has 8 heteroatoms. The smallest absolute Gasteiger partial charge is 0.205 e. The highest BCUT2D eigenvalue weighted by molar-refractivity contribution is 7.09. The maximum atomic E-state index is 5.11. The van der Waals surface area contributed by atoms with Crippen molar-refractivity contribution >= 4 is 16.7 Å².